The summed E-state index contributed by atoms with van der Waals surface area (Å²) in [6.07, 6.45) is 5.11. The van der Waals surface area contributed by atoms with Crippen LogP contribution in [0.1, 0.15) is 37.3 Å². The number of piperazine rings is 1. The van der Waals surface area contributed by atoms with Crippen molar-refractivity contribution in [3.05, 3.63) is 42.0 Å². The van der Waals surface area contributed by atoms with Crippen LogP contribution in [0.25, 0.3) is 0 Å². The molecule has 1 aromatic heterocycles. The Morgan fingerprint density at radius 1 is 1.07 bits per heavy atom. The lowest BCUT2D eigenvalue weighted by atomic mass is 10.2. The number of para-hydroxylation sites is 1. The molecule has 1 saturated carbocycles. The van der Waals surface area contributed by atoms with Crippen molar-refractivity contribution in [3.63, 3.8) is 0 Å². The number of aliphatic imine (C=N–C) groups is 1. The number of aromatic nitrogens is 3. The molecule has 2 heterocycles. The molecule has 7 heteroatoms. The second-order valence-corrected chi connectivity index (χ2v) is 7.80. The number of nitrogens with zero attached hydrogens (tertiary/aromatic N) is 6. The second-order valence-electron chi connectivity index (χ2n) is 7.80. The maximum absolute atomic E-state index is 4.94. The van der Waals surface area contributed by atoms with Crippen molar-refractivity contribution in [2.75, 3.05) is 31.1 Å². The lowest BCUT2D eigenvalue weighted by Crippen LogP contribution is -2.54. The van der Waals surface area contributed by atoms with Gasteiger partial charge in [-0.1, -0.05) is 31.0 Å². The molecule has 0 atom stereocenters. The third-order valence-electron chi connectivity index (χ3n) is 5.94. The molecule has 1 aliphatic carbocycles. The number of hydrogen-bond donors (Lipinski definition) is 1. The molecule has 0 unspecified atom stereocenters. The predicted octanol–water partition coefficient (Wildman–Crippen LogP) is 2.33. The molecule has 1 aromatic carbocycles. The Balaban J connectivity index is 1.44. The topological polar surface area (TPSA) is 61.6 Å². The van der Waals surface area contributed by atoms with Crippen molar-refractivity contribution >= 4 is 11.6 Å². The van der Waals surface area contributed by atoms with Crippen LogP contribution in [0.5, 0.6) is 0 Å². The number of anilines is 1. The number of benzene rings is 1. The van der Waals surface area contributed by atoms with Crippen molar-refractivity contribution < 1.29 is 0 Å². The van der Waals surface area contributed by atoms with Crippen LogP contribution in [0.2, 0.25) is 0 Å². The average molecular weight is 382 g/mol. The molecule has 0 spiro atoms. The van der Waals surface area contributed by atoms with Gasteiger partial charge in [0.05, 0.1) is 0 Å². The fourth-order valence-electron chi connectivity index (χ4n) is 4.04. The van der Waals surface area contributed by atoms with Gasteiger partial charge in [0, 0.05) is 45.0 Å². The molecule has 1 N–H and O–H groups in total. The highest BCUT2D eigenvalue weighted by atomic mass is 15.4. The standard InChI is InChI=1S/C21H31N7/c1-17-24-25-20(26(17)2)16-22-21(23-18-8-6-7-9-18)28-14-12-27(13-15-28)19-10-4-3-5-11-19/h3-5,10-11,18H,6-9,12-16H2,1-2H3,(H,22,23). The number of aryl methyl sites for hydroxylation is 1. The first-order valence-electron chi connectivity index (χ1n) is 10.4. The van der Waals surface area contributed by atoms with Crippen LogP contribution in [0.3, 0.4) is 0 Å². The average Bonchev–Trinajstić information content (AvgIpc) is 3.37. The van der Waals surface area contributed by atoms with Crippen LogP contribution in [0.4, 0.5) is 5.69 Å². The number of guanidine groups is 1. The van der Waals surface area contributed by atoms with Gasteiger partial charge in [-0.15, -0.1) is 10.2 Å². The molecule has 0 bridgehead atoms. The van der Waals surface area contributed by atoms with Crippen LogP contribution < -0.4 is 10.2 Å². The van der Waals surface area contributed by atoms with Gasteiger partial charge in [0.1, 0.15) is 12.4 Å². The van der Waals surface area contributed by atoms with Gasteiger partial charge < -0.3 is 19.7 Å². The third-order valence-corrected chi connectivity index (χ3v) is 5.94. The summed E-state index contributed by atoms with van der Waals surface area (Å²) < 4.78 is 2.02. The van der Waals surface area contributed by atoms with Gasteiger partial charge in [0.2, 0.25) is 0 Å². The van der Waals surface area contributed by atoms with Gasteiger partial charge >= 0.3 is 0 Å². The molecule has 7 nitrogen and oxygen atoms in total. The third kappa shape index (κ3) is 4.29. The van der Waals surface area contributed by atoms with Gasteiger partial charge in [-0.25, -0.2) is 4.99 Å². The van der Waals surface area contributed by atoms with Gasteiger partial charge in [-0.05, 0) is 31.9 Å². The zero-order valence-electron chi connectivity index (χ0n) is 17.0. The molecule has 28 heavy (non-hydrogen) atoms. The highest BCUT2D eigenvalue weighted by molar-refractivity contribution is 5.80. The van der Waals surface area contributed by atoms with Crippen LogP contribution in [0.15, 0.2) is 35.3 Å². The van der Waals surface area contributed by atoms with Crippen LogP contribution in [-0.4, -0.2) is 57.8 Å². The van der Waals surface area contributed by atoms with E-state index in [0.29, 0.717) is 12.6 Å². The monoisotopic (exact) mass is 381 g/mol. The lowest BCUT2D eigenvalue weighted by molar-refractivity contribution is 0.365. The molecule has 1 aliphatic heterocycles. The Hall–Kier alpha value is -2.57. The minimum Gasteiger partial charge on any atom is -0.368 e. The predicted molar refractivity (Wildman–Crippen MR) is 112 cm³/mol. The molecular weight excluding hydrogens is 350 g/mol. The quantitative estimate of drug-likeness (QED) is 0.651. The molecule has 4 rings (SSSR count). The van der Waals surface area contributed by atoms with Gasteiger partial charge in [0.15, 0.2) is 11.8 Å². The minimum atomic E-state index is 0.548. The Morgan fingerprint density at radius 2 is 1.79 bits per heavy atom. The fraction of sp³-hybridized carbons (Fsp3) is 0.571. The molecule has 2 fully saturated rings. The van der Waals surface area contributed by atoms with Gasteiger partial charge in [0.25, 0.3) is 0 Å². The first-order valence-corrected chi connectivity index (χ1v) is 10.4. The van der Waals surface area contributed by atoms with E-state index in [1.807, 2.05) is 18.5 Å². The normalized spacial score (nSPS) is 18.7. The Kier molecular flexibility index (Phi) is 5.78. The first-order chi connectivity index (χ1) is 13.7. The van der Waals surface area contributed by atoms with Crippen molar-refractivity contribution in [1.82, 2.24) is 25.0 Å². The van der Waals surface area contributed by atoms with Crippen LogP contribution in [0, 0.1) is 6.92 Å². The highest BCUT2D eigenvalue weighted by Gasteiger charge is 2.23. The molecule has 0 radical (unpaired) electrons. The maximum Gasteiger partial charge on any atom is 0.194 e. The van der Waals surface area contributed by atoms with E-state index in [1.165, 1.54) is 31.4 Å². The Labute approximate surface area is 167 Å². The summed E-state index contributed by atoms with van der Waals surface area (Å²) in [5.74, 6) is 2.86. The second kappa shape index (κ2) is 8.63. The zero-order chi connectivity index (χ0) is 19.3. The molecule has 1 saturated heterocycles. The largest absolute Gasteiger partial charge is 0.368 e. The van der Waals surface area contributed by atoms with E-state index < -0.39 is 0 Å². The van der Waals surface area contributed by atoms with E-state index in [-0.39, 0.29) is 0 Å². The van der Waals surface area contributed by atoms with E-state index in [1.54, 1.807) is 0 Å². The van der Waals surface area contributed by atoms with Gasteiger partial charge in [-0.2, -0.15) is 0 Å². The number of rotatable bonds is 4. The summed E-state index contributed by atoms with van der Waals surface area (Å²) in [7, 11) is 2.00. The molecule has 2 aromatic rings. The van der Waals surface area contributed by atoms with Crippen molar-refractivity contribution in [2.45, 2.75) is 45.2 Å². The molecule has 150 valence electrons. The lowest BCUT2D eigenvalue weighted by Gasteiger charge is -2.38. The van der Waals surface area contributed by atoms with Crippen molar-refractivity contribution in [2.24, 2.45) is 12.0 Å². The smallest absolute Gasteiger partial charge is 0.194 e. The van der Waals surface area contributed by atoms with Crippen molar-refractivity contribution in [3.8, 4) is 0 Å². The van der Waals surface area contributed by atoms with E-state index >= 15 is 0 Å². The van der Waals surface area contributed by atoms with Gasteiger partial charge in [-0.3, -0.25) is 0 Å². The van der Waals surface area contributed by atoms with Crippen LogP contribution in [-0.2, 0) is 13.6 Å². The minimum absolute atomic E-state index is 0.548. The van der Waals surface area contributed by atoms with E-state index in [9.17, 15) is 0 Å². The van der Waals surface area contributed by atoms with Crippen LogP contribution >= 0.6 is 0 Å². The highest BCUT2D eigenvalue weighted by Crippen LogP contribution is 2.19. The first kappa shape index (κ1) is 18.8. The summed E-state index contributed by atoms with van der Waals surface area (Å²) in [4.78, 5) is 9.80. The van der Waals surface area contributed by atoms with Crippen molar-refractivity contribution in [1.29, 1.82) is 0 Å². The summed E-state index contributed by atoms with van der Waals surface area (Å²) in [5.41, 5.74) is 1.30. The molecule has 0 amide bonds. The van der Waals surface area contributed by atoms with E-state index in [0.717, 1.165) is 43.8 Å². The maximum atomic E-state index is 4.94. The summed E-state index contributed by atoms with van der Waals surface area (Å²) >= 11 is 0. The summed E-state index contributed by atoms with van der Waals surface area (Å²) in [5, 5.41) is 12.2. The molecular formula is C21H31N7. The zero-order valence-corrected chi connectivity index (χ0v) is 17.0. The van der Waals surface area contributed by atoms with E-state index in [2.05, 4.69) is 55.6 Å². The SMILES string of the molecule is Cc1nnc(CN=C(NC2CCCC2)N2CCN(c3ccccc3)CC2)n1C. The Bertz CT molecular complexity index is 784. The fourth-order valence-corrected chi connectivity index (χ4v) is 4.04. The Morgan fingerprint density at radius 3 is 2.43 bits per heavy atom. The summed E-state index contributed by atoms with van der Waals surface area (Å²) in [6.45, 7) is 6.51. The summed E-state index contributed by atoms with van der Waals surface area (Å²) in [6, 6.07) is 11.2. The van der Waals surface area contributed by atoms with E-state index in [4.69, 9.17) is 4.99 Å². The number of nitrogens with one attached hydrogen (secondary N) is 1. The molecule has 2 aliphatic rings. The number of hydrogen-bond acceptors (Lipinski definition) is 4.